The van der Waals surface area contributed by atoms with Crippen LogP contribution in [0.3, 0.4) is 0 Å². The quantitative estimate of drug-likeness (QED) is 0.173. The lowest BCUT2D eigenvalue weighted by Gasteiger charge is -2.13. The summed E-state index contributed by atoms with van der Waals surface area (Å²) < 4.78 is 7.09. The monoisotopic (exact) mass is 525 g/mol. The Kier molecular flexibility index (Phi) is 9.57. The molecule has 0 bridgehead atoms. The normalized spacial score (nSPS) is 11.5. The van der Waals surface area contributed by atoms with E-state index in [9.17, 15) is 0 Å². The van der Waals surface area contributed by atoms with Gasteiger partial charge in [0.15, 0.2) is 11.8 Å². The molecule has 0 aliphatic rings. The van der Waals surface area contributed by atoms with E-state index in [2.05, 4.69) is 57.0 Å². The maximum Gasteiger partial charge on any atom is 0.191 e. The fourth-order valence-corrected chi connectivity index (χ4v) is 3.30. The van der Waals surface area contributed by atoms with Crippen LogP contribution in [0.4, 0.5) is 0 Å². The number of aryl methyl sites for hydroxylation is 2. The van der Waals surface area contributed by atoms with Crippen molar-refractivity contribution in [1.29, 1.82) is 0 Å². The number of halogens is 1. The summed E-state index contributed by atoms with van der Waals surface area (Å²) in [6.45, 7) is 6.84. The van der Waals surface area contributed by atoms with E-state index >= 15 is 0 Å². The van der Waals surface area contributed by atoms with Crippen LogP contribution < -0.4 is 10.6 Å². The van der Waals surface area contributed by atoms with Gasteiger partial charge >= 0.3 is 0 Å². The van der Waals surface area contributed by atoms with Crippen molar-refractivity contribution < 1.29 is 4.74 Å². The van der Waals surface area contributed by atoms with Gasteiger partial charge in [-0.25, -0.2) is 4.99 Å². The first-order chi connectivity index (χ1) is 14.1. The maximum atomic E-state index is 5.13. The standard InChI is InChI=1S/C21H31N7O.HI/c1-15-17(18-8-5-6-9-19(18)25-15)10-12-23-21(22-11-7-13-29-4)24-14-20-27-26-16(2)28(20)3;/h5-6,8-9,25H,7,10-14H2,1-4H3,(H2,22,23,24);1H. The minimum atomic E-state index is 0. The molecule has 0 unspecified atom stereocenters. The van der Waals surface area contributed by atoms with Gasteiger partial charge < -0.3 is 24.9 Å². The Labute approximate surface area is 194 Å². The number of aromatic amines is 1. The number of hydrogen-bond donors (Lipinski definition) is 3. The average Bonchev–Trinajstić information content (AvgIpc) is 3.21. The molecule has 0 atom stereocenters. The Bertz CT molecular complexity index is 964. The second-order valence-electron chi connectivity index (χ2n) is 7.11. The predicted molar refractivity (Wildman–Crippen MR) is 132 cm³/mol. The lowest BCUT2D eigenvalue weighted by Crippen LogP contribution is -2.39. The van der Waals surface area contributed by atoms with E-state index in [-0.39, 0.29) is 24.0 Å². The number of aliphatic imine (C=N–C) groups is 1. The van der Waals surface area contributed by atoms with Gasteiger partial charge in [0, 0.05) is 50.5 Å². The maximum absolute atomic E-state index is 5.13. The molecule has 2 aromatic heterocycles. The largest absolute Gasteiger partial charge is 0.385 e. The molecule has 0 spiro atoms. The van der Waals surface area contributed by atoms with Crippen LogP contribution in [-0.2, 0) is 24.8 Å². The molecule has 8 nitrogen and oxygen atoms in total. The molecule has 0 saturated heterocycles. The van der Waals surface area contributed by atoms with Crippen molar-refractivity contribution in [2.75, 3.05) is 26.8 Å². The van der Waals surface area contributed by atoms with E-state index < -0.39 is 0 Å². The molecule has 164 valence electrons. The van der Waals surface area contributed by atoms with Crippen LogP contribution in [-0.4, -0.2) is 52.5 Å². The summed E-state index contributed by atoms with van der Waals surface area (Å²) in [6.07, 6.45) is 1.83. The SMILES string of the molecule is COCCCNC(=NCc1nnc(C)n1C)NCCc1c(C)[nH]c2ccccc12.I. The molecule has 0 amide bonds. The molecule has 0 saturated carbocycles. The zero-order chi connectivity index (χ0) is 20.6. The molecule has 0 fully saturated rings. The minimum absolute atomic E-state index is 0. The van der Waals surface area contributed by atoms with Crippen LogP contribution in [0.1, 0.15) is 29.3 Å². The number of rotatable bonds is 9. The van der Waals surface area contributed by atoms with Crippen LogP contribution >= 0.6 is 24.0 Å². The summed E-state index contributed by atoms with van der Waals surface area (Å²) in [5.41, 5.74) is 3.74. The molecule has 0 aliphatic carbocycles. The summed E-state index contributed by atoms with van der Waals surface area (Å²) >= 11 is 0. The lowest BCUT2D eigenvalue weighted by molar-refractivity contribution is 0.195. The number of nitrogens with one attached hydrogen (secondary N) is 3. The van der Waals surface area contributed by atoms with Crippen molar-refractivity contribution in [3.8, 4) is 0 Å². The highest BCUT2D eigenvalue weighted by atomic mass is 127. The Morgan fingerprint density at radius 1 is 1.17 bits per heavy atom. The number of methoxy groups -OCH3 is 1. The zero-order valence-electron chi connectivity index (χ0n) is 18.2. The van der Waals surface area contributed by atoms with Crippen molar-refractivity contribution in [3.05, 3.63) is 47.2 Å². The molecule has 3 aromatic rings. The Balaban J connectivity index is 0.00000320. The van der Waals surface area contributed by atoms with Gasteiger partial charge in [0.05, 0.1) is 0 Å². The minimum Gasteiger partial charge on any atom is -0.385 e. The number of H-pyrrole nitrogens is 1. The molecular formula is C21H32IN7O. The highest BCUT2D eigenvalue weighted by Crippen LogP contribution is 2.21. The number of hydrogen-bond acceptors (Lipinski definition) is 4. The number of benzene rings is 1. The summed E-state index contributed by atoms with van der Waals surface area (Å²) in [5.74, 6) is 2.50. The summed E-state index contributed by atoms with van der Waals surface area (Å²) in [5, 5.41) is 16.4. The number of aromatic nitrogens is 4. The van der Waals surface area contributed by atoms with Crippen LogP contribution in [0.25, 0.3) is 10.9 Å². The Morgan fingerprint density at radius 2 is 1.93 bits per heavy atom. The van der Waals surface area contributed by atoms with Crippen LogP contribution in [0.5, 0.6) is 0 Å². The van der Waals surface area contributed by atoms with Crippen molar-refractivity contribution in [1.82, 2.24) is 30.4 Å². The van der Waals surface area contributed by atoms with Gasteiger partial charge in [0.2, 0.25) is 0 Å². The van der Waals surface area contributed by atoms with Gasteiger partial charge in [-0.15, -0.1) is 34.2 Å². The lowest BCUT2D eigenvalue weighted by atomic mass is 10.1. The van der Waals surface area contributed by atoms with E-state index in [1.807, 2.05) is 18.5 Å². The van der Waals surface area contributed by atoms with E-state index in [0.29, 0.717) is 6.54 Å². The second-order valence-corrected chi connectivity index (χ2v) is 7.11. The Morgan fingerprint density at radius 3 is 2.67 bits per heavy atom. The number of fused-ring (bicyclic) bond motifs is 1. The molecular weight excluding hydrogens is 493 g/mol. The van der Waals surface area contributed by atoms with E-state index in [1.165, 1.54) is 22.2 Å². The summed E-state index contributed by atoms with van der Waals surface area (Å²) in [4.78, 5) is 8.16. The van der Waals surface area contributed by atoms with E-state index in [1.54, 1.807) is 7.11 Å². The third-order valence-electron chi connectivity index (χ3n) is 5.07. The average molecular weight is 525 g/mol. The van der Waals surface area contributed by atoms with Crippen molar-refractivity contribution in [2.45, 2.75) is 33.2 Å². The molecule has 0 radical (unpaired) electrons. The van der Waals surface area contributed by atoms with E-state index in [4.69, 9.17) is 9.73 Å². The number of nitrogens with zero attached hydrogens (tertiary/aromatic N) is 4. The van der Waals surface area contributed by atoms with Crippen LogP contribution in [0.15, 0.2) is 29.3 Å². The van der Waals surface area contributed by atoms with E-state index in [0.717, 1.165) is 50.1 Å². The van der Waals surface area contributed by atoms with Gasteiger partial charge in [-0.3, -0.25) is 0 Å². The smallest absolute Gasteiger partial charge is 0.191 e. The van der Waals surface area contributed by atoms with Crippen molar-refractivity contribution in [2.24, 2.45) is 12.0 Å². The number of para-hydroxylation sites is 1. The highest BCUT2D eigenvalue weighted by Gasteiger charge is 2.09. The van der Waals surface area contributed by atoms with Gasteiger partial charge in [0.1, 0.15) is 12.4 Å². The highest BCUT2D eigenvalue weighted by molar-refractivity contribution is 14.0. The van der Waals surface area contributed by atoms with Crippen molar-refractivity contribution in [3.63, 3.8) is 0 Å². The van der Waals surface area contributed by atoms with Gasteiger partial charge in [-0.2, -0.15) is 0 Å². The summed E-state index contributed by atoms with van der Waals surface area (Å²) in [7, 11) is 3.67. The molecule has 30 heavy (non-hydrogen) atoms. The zero-order valence-corrected chi connectivity index (χ0v) is 20.5. The topological polar surface area (TPSA) is 92.2 Å². The fraction of sp³-hybridized carbons (Fsp3) is 0.476. The third-order valence-corrected chi connectivity index (χ3v) is 5.07. The molecule has 0 aliphatic heterocycles. The van der Waals surface area contributed by atoms with Crippen molar-refractivity contribution >= 4 is 40.8 Å². The molecule has 3 rings (SSSR count). The first-order valence-electron chi connectivity index (χ1n) is 10.0. The second kappa shape index (κ2) is 11.9. The van der Waals surface area contributed by atoms with Gasteiger partial charge in [-0.1, -0.05) is 18.2 Å². The van der Waals surface area contributed by atoms with Gasteiger partial charge in [-0.05, 0) is 38.3 Å². The first-order valence-corrected chi connectivity index (χ1v) is 10.0. The molecule has 9 heteroatoms. The van der Waals surface area contributed by atoms with Crippen LogP contribution in [0.2, 0.25) is 0 Å². The molecule has 2 heterocycles. The number of ether oxygens (including phenoxy) is 1. The van der Waals surface area contributed by atoms with Gasteiger partial charge in [0.25, 0.3) is 0 Å². The predicted octanol–water partition coefficient (Wildman–Crippen LogP) is 2.85. The first kappa shape index (κ1) is 24.1. The Hall–Kier alpha value is -2.14. The molecule has 1 aromatic carbocycles. The fourth-order valence-electron chi connectivity index (χ4n) is 3.30. The third kappa shape index (κ3) is 6.18. The number of guanidine groups is 1. The summed E-state index contributed by atoms with van der Waals surface area (Å²) in [6, 6.07) is 8.43. The molecule has 3 N–H and O–H groups in total. The van der Waals surface area contributed by atoms with Crippen LogP contribution in [0, 0.1) is 13.8 Å².